The Kier molecular flexibility index (Phi) is 6.35. The van der Waals surface area contributed by atoms with Crippen LogP contribution in [0, 0.1) is 5.82 Å². The topological polar surface area (TPSA) is 76.9 Å². The molecule has 1 amide bonds. The van der Waals surface area contributed by atoms with E-state index in [0.29, 0.717) is 33.2 Å². The van der Waals surface area contributed by atoms with E-state index < -0.39 is 6.04 Å². The van der Waals surface area contributed by atoms with Crippen molar-refractivity contribution in [1.82, 2.24) is 14.8 Å². The van der Waals surface area contributed by atoms with Gasteiger partial charge in [0.1, 0.15) is 22.6 Å². The van der Waals surface area contributed by atoms with Gasteiger partial charge >= 0.3 is 0 Å². The summed E-state index contributed by atoms with van der Waals surface area (Å²) < 4.78 is 15.4. The highest BCUT2D eigenvalue weighted by Gasteiger charge is 2.20. The van der Waals surface area contributed by atoms with E-state index in [1.165, 1.54) is 39.5 Å². The molecule has 174 valence electrons. The van der Waals surface area contributed by atoms with Gasteiger partial charge in [-0.25, -0.2) is 14.1 Å². The summed E-state index contributed by atoms with van der Waals surface area (Å²) in [7, 11) is 0. The fraction of sp³-hybridized carbons (Fsp3) is 0.0769. The SMILES string of the molecule is CC(C(=O)Nc1ccccc1-c1csc(-c2ccccc2F)n1)n1nc(-c2cccs2)ccc1=O. The van der Waals surface area contributed by atoms with Gasteiger partial charge in [-0.15, -0.1) is 22.7 Å². The number of halogens is 1. The maximum absolute atomic E-state index is 14.2. The zero-order valence-electron chi connectivity index (χ0n) is 18.5. The first-order chi connectivity index (χ1) is 17.0. The molecule has 0 fully saturated rings. The molecule has 5 aromatic rings. The molecule has 1 N–H and O–H groups in total. The van der Waals surface area contributed by atoms with Crippen molar-refractivity contribution in [3.05, 3.63) is 99.7 Å². The number of nitrogens with one attached hydrogen (secondary N) is 1. The highest BCUT2D eigenvalue weighted by molar-refractivity contribution is 7.13. The summed E-state index contributed by atoms with van der Waals surface area (Å²) in [4.78, 5) is 31.1. The Morgan fingerprint density at radius 2 is 1.71 bits per heavy atom. The molecular formula is C26H19FN4O2S2. The van der Waals surface area contributed by atoms with Crippen molar-refractivity contribution < 1.29 is 9.18 Å². The highest BCUT2D eigenvalue weighted by atomic mass is 32.1. The molecule has 1 atom stereocenters. The summed E-state index contributed by atoms with van der Waals surface area (Å²) in [5.74, 6) is -0.730. The van der Waals surface area contributed by atoms with Crippen molar-refractivity contribution >= 4 is 34.3 Å². The Balaban J connectivity index is 1.42. The zero-order chi connectivity index (χ0) is 24.4. The van der Waals surface area contributed by atoms with Crippen molar-refractivity contribution in [2.75, 3.05) is 5.32 Å². The largest absolute Gasteiger partial charge is 0.324 e. The summed E-state index contributed by atoms with van der Waals surface area (Å²) in [5, 5.41) is 11.6. The number of amides is 1. The van der Waals surface area contributed by atoms with Crippen LogP contribution in [0.1, 0.15) is 13.0 Å². The first-order valence-corrected chi connectivity index (χ1v) is 12.5. The van der Waals surface area contributed by atoms with E-state index in [1.807, 2.05) is 35.0 Å². The van der Waals surface area contributed by atoms with E-state index in [4.69, 9.17) is 0 Å². The minimum Gasteiger partial charge on any atom is -0.324 e. The van der Waals surface area contributed by atoms with E-state index in [-0.39, 0.29) is 17.3 Å². The molecule has 0 bridgehead atoms. The smallest absolute Gasteiger partial charge is 0.267 e. The van der Waals surface area contributed by atoms with Crippen LogP contribution in [0.25, 0.3) is 32.4 Å². The fourth-order valence-corrected chi connectivity index (χ4v) is 5.11. The predicted molar refractivity (Wildman–Crippen MR) is 138 cm³/mol. The lowest BCUT2D eigenvalue weighted by atomic mass is 10.1. The van der Waals surface area contributed by atoms with Gasteiger partial charge < -0.3 is 5.32 Å². The average Bonchev–Trinajstić information content (AvgIpc) is 3.57. The van der Waals surface area contributed by atoms with Crippen LogP contribution in [-0.4, -0.2) is 20.7 Å². The maximum Gasteiger partial charge on any atom is 0.267 e. The van der Waals surface area contributed by atoms with E-state index >= 15 is 0 Å². The third-order valence-electron chi connectivity index (χ3n) is 5.41. The third kappa shape index (κ3) is 4.68. The van der Waals surface area contributed by atoms with Crippen molar-refractivity contribution in [3.8, 4) is 32.4 Å². The van der Waals surface area contributed by atoms with Crippen LogP contribution in [0.5, 0.6) is 0 Å². The number of carbonyl (C=O) groups is 1. The minimum absolute atomic E-state index is 0.341. The number of rotatable bonds is 6. The number of benzene rings is 2. The van der Waals surface area contributed by atoms with Crippen LogP contribution in [-0.2, 0) is 4.79 Å². The number of carbonyl (C=O) groups excluding carboxylic acids is 1. The van der Waals surface area contributed by atoms with Crippen molar-refractivity contribution in [3.63, 3.8) is 0 Å². The second-order valence-corrected chi connectivity index (χ2v) is 9.51. The molecular weight excluding hydrogens is 483 g/mol. The number of thiazole rings is 1. The lowest BCUT2D eigenvalue weighted by Crippen LogP contribution is -2.33. The molecule has 0 saturated carbocycles. The van der Waals surface area contributed by atoms with Gasteiger partial charge in [0.15, 0.2) is 0 Å². The fourth-order valence-electron chi connectivity index (χ4n) is 3.58. The van der Waals surface area contributed by atoms with Gasteiger partial charge in [0, 0.05) is 22.6 Å². The molecule has 3 aromatic heterocycles. The molecule has 0 aliphatic heterocycles. The molecule has 0 saturated heterocycles. The van der Waals surface area contributed by atoms with Crippen molar-refractivity contribution in [2.45, 2.75) is 13.0 Å². The van der Waals surface area contributed by atoms with Crippen LogP contribution >= 0.6 is 22.7 Å². The second kappa shape index (κ2) is 9.73. The van der Waals surface area contributed by atoms with Gasteiger partial charge in [-0.2, -0.15) is 5.10 Å². The van der Waals surface area contributed by atoms with Gasteiger partial charge in [-0.3, -0.25) is 9.59 Å². The Hall–Kier alpha value is -3.95. The van der Waals surface area contributed by atoms with E-state index in [2.05, 4.69) is 15.4 Å². The van der Waals surface area contributed by atoms with Crippen LogP contribution in [0.15, 0.2) is 88.4 Å². The van der Waals surface area contributed by atoms with Crippen LogP contribution in [0.4, 0.5) is 10.1 Å². The average molecular weight is 503 g/mol. The second-order valence-electron chi connectivity index (χ2n) is 7.71. The molecule has 1 unspecified atom stereocenters. The normalized spacial score (nSPS) is 11.8. The first-order valence-electron chi connectivity index (χ1n) is 10.8. The standard InChI is InChI=1S/C26H19FN4O2S2/c1-16(31-24(32)13-12-21(30-31)23-11-6-14-34-23)25(33)28-20-10-5-3-8-18(20)22-15-35-26(29-22)17-7-2-4-9-19(17)27/h2-16H,1H3,(H,28,33). The Morgan fingerprint density at radius 3 is 2.49 bits per heavy atom. The number of para-hydroxylation sites is 1. The van der Waals surface area contributed by atoms with Crippen LogP contribution in [0.3, 0.4) is 0 Å². The minimum atomic E-state index is -0.847. The van der Waals surface area contributed by atoms with Crippen molar-refractivity contribution in [2.24, 2.45) is 0 Å². The summed E-state index contributed by atoms with van der Waals surface area (Å²) in [6, 6.07) is 19.8. The van der Waals surface area contributed by atoms with Gasteiger partial charge in [0.05, 0.1) is 16.3 Å². The number of aromatic nitrogens is 3. The third-order valence-corrected chi connectivity index (χ3v) is 7.18. The van der Waals surface area contributed by atoms with E-state index in [0.717, 1.165) is 4.88 Å². The maximum atomic E-state index is 14.2. The van der Waals surface area contributed by atoms with Gasteiger partial charge in [0.25, 0.3) is 5.56 Å². The molecule has 0 aliphatic rings. The van der Waals surface area contributed by atoms with Crippen LogP contribution < -0.4 is 10.9 Å². The molecule has 0 aliphatic carbocycles. The number of hydrogen-bond donors (Lipinski definition) is 1. The first kappa shape index (κ1) is 22.8. The predicted octanol–water partition coefficient (Wildman–Crippen LogP) is 6.10. The number of hydrogen-bond acceptors (Lipinski definition) is 6. The summed E-state index contributed by atoms with van der Waals surface area (Å²) in [5.41, 5.74) is 2.54. The molecule has 35 heavy (non-hydrogen) atoms. The van der Waals surface area contributed by atoms with Gasteiger partial charge in [-0.1, -0.05) is 36.4 Å². The van der Waals surface area contributed by atoms with Gasteiger partial charge in [0.2, 0.25) is 5.91 Å². The number of thiophene rings is 1. The summed E-state index contributed by atoms with van der Waals surface area (Å²) in [6.07, 6.45) is 0. The Morgan fingerprint density at radius 1 is 0.943 bits per heavy atom. The summed E-state index contributed by atoms with van der Waals surface area (Å²) >= 11 is 2.83. The Bertz CT molecular complexity index is 1560. The molecule has 9 heteroatoms. The van der Waals surface area contributed by atoms with E-state index in [1.54, 1.807) is 43.3 Å². The lowest BCUT2D eigenvalue weighted by molar-refractivity contribution is -0.119. The number of nitrogens with zero attached hydrogens (tertiary/aromatic N) is 3. The molecule has 3 heterocycles. The lowest BCUT2D eigenvalue weighted by Gasteiger charge is -2.16. The quantitative estimate of drug-likeness (QED) is 0.304. The van der Waals surface area contributed by atoms with E-state index in [9.17, 15) is 14.0 Å². The molecule has 0 spiro atoms. The molecule has 6 nitrogen and oxygen atoms in total. The monoisotopic (exact) mass is 502 g/mol. The Labute approximate surface area is 208 Å². The zero-order valence-corrected chi connectivity index (χ0v) is 20.1. The molecule has 2 aromatic carbocycles. The molecule has 5 rings (SSSR count). The number of anilines is 1. The van der Waals surface area contributed by atoms with Gasteiger partial charge in [-0.05, 0) is 42.6 Å². The van der Waals surface area contributed by atoms with Crippen molar-refractivity contribution in [1.29, 1.82) is 0 Å². The van der Waals surface area contributed by atoms with Crippen LogP contribution in [0.2, 0.25) is 0 Å². The highest BCUT2D eigenvalue weighted by Crippen LogP contribution is 2.34. The summed E-state index contributed by atoms with van der Waals surface area (Å²) in [6.45, 7) is 1.63. The molecule has 0 radical (unpaired) electrons.